The third-order valence-electron chi connectivity index (χ3n) is 7.01. The molecule has 4 rings (SSSR count). The first-order chi connectivity index (χ1) is 16.1. The van der Waals surface area contributed by atoms with Gasteiger partial charge in [0.25, 0.3) is 0 Å². The molecule has 2 saturated heterocycles. The average molecular weight is 493 g/mol. The van der Waals surface area contributed by atoms with E-state index in [1.54, 1.807) is 13.8 Å². The van der Waals surface area contributed by atoms with Crippen molar-refractivity contribution in [3.8, 4) is 11.5 Å². The Bertz CT molecular complexity index is 901. The number of aryl methyl sites for hydroxylation is 4. The number of benzene rings is 2. The maximum absolute atomic E-state index is 12.7. The zero-order chi connectivity index (χ0) is 25.0. The Kier molecular flexibility index (Phi) is 11.1. The van der Waals surface area contributed by atoms with E-state index in [1.807, 2.05) is 26.0 Å². The van der Waals surface area contributed by atoms with Gasteiger partial charge >= 0.3 is 17.4 Å². The Hall–Kier alpha value is -1.55. The molecule has 0 saturated carbocycles. The van der Waals surface area contributed by atoms with E-state index < -0.39 is 6.10 Å². The van der Waals surface area contributed by atoms with E-state index in [2.05, 4.69) is 35.8 Å². The second-order valence-corrected chi connectivity index (χ2v) is 10.5. The van der Waals surface area contributed by atoms with Crippen LogP contribution in [0.15, 0.2) is 24.3 Å². The Labute approximate surface area is 222 Å². The normalized spacial score (nSPS) is 20.6. The molecule has 35 heavy (non-hydrogen) atoms. The van der Waals surface area contributed by atoms with Crippen LogP contribution in [-0.4, -0.2) is 58.4 Å². The minimum Gasteiger partial charge on any atom is -0.872 e. The predicted octanol–water partition coefficient (Wildman–Crippen LogP) is 3.07. The minimum absolute atomic E-state index is 0. The van der Waals surface area contributed by atoms with Crippen molar-refractivity contribution in [1.29, 1.82) is 0 Å². The van der Waals surface area contributed by atoms with Gasteiger partial charge < -0.3 is 15.3 Å². The largest absolute Gasteiger partial charge is 3.00 e. The molecule has 2 aromatic rings. The summed E-state index contributed by atoms with van der Waals surface area (Å²) in [5.74, 6) is 0.390. The number of hydrogen-bond donors (Lipinski definition) is 0. The van der Waals surface area contributed by atoms with Crippen LogP contribution in [0.2, 0.25) is 0 Å². The fourth-order valence-electron chi connectivity index (χ4n) is 5.73. The van der Waals surface area contributed by atoms with Crippen LogP contribution in [0.5, 0.6) is 11.5 Å². The molecule has 0 bridgehead atoms. The van der Waals surface area contributed by atoms with Gasteiger partial charge in [-0.3, -0.25) is 9.80 Å². The van der Waals surface area contributed by atoms with E-state index in [0.717, 1.165) is 59.6 Å². The van der Waals surface area contributed by atoms with E-state index in [0.29, 0.717) is 12.1 Å². The van der Waals surface area contributed by atoms with E-state index in [1.165, 1.54) is 25.7 Å². The van der Waals surface area contributed by atoms with Crippen LogP contribution in [0, 0.1) is 27.7 Å². The topological polar surface area (TPSA) is 75.7 Å². The summed E-state index contributed by atoms with van der Waals surface area (Å²) >= 11 is 0. The Morgan fingerprint density at radius 2 is 1.09 bits per heavy atom. The van der Waals surface area contributed by atoms with Crippen molar-refractivity contribution >= 4 is 17.4 Å². The van der Waals surface area contributed by atoms with Crippen LogP contribution in [0.3, 0.4) is 0 Å². The van der Waals surface area contributed by atoms with E-state index >= 15 is 0 Å². The zero-order valence-electron chi connectivity index (χ0n) is 22.4. The molecule has 188 valence electrons. The van der Waals surface area contributed by atoms with E-state index in [4.69, 9.17) is 0 Å². The molecule has 2 aliphatic heterocycles. The number of rotatable bonds is 5. The molecule has 0 radical (unpaired) electrons. The summed E-state index contributed by atoms with van der Waals surface area (Å²) in [6.07, 6.45) is 4.31. The summed E-state index contributed by atoms with van der Waals surface area (Å²) in [7, 11) is 0. The molecule has 0 unspecified atom stereocenters. The van der Waals surface area contributed by atoms with Crippen LogP contribution in [0.4, 0.5) is 0 Å². The summed E-state index contributed by atoms with van der Waals surface area (Å²) in [6, 6.07) is 9.03. The third-order valence-corrected chi connectivity index (χ3v) is 7.01. The minimum atomic E-state index is -0.417. The predicted molar refractivity (Wildman–Crippen MR) is 138 cm³/mol. The van der Waals surface area contributed by atoms with Crippen molar-refractivity contribution in [3.05, 3.63) is 57.6 Å². The average Bonchev–Trinajstić information content (AvgIpc) is 3.38. The molecule has 6 heteroatoms. The van der Waals surface area contributed by atoms with Gasteiger partial charge in [-0.1, -0.05) is 60.4 Å². The van der Waals surface area contributed by atoms with Crippen LogP contribution >= 0.6 is 0 Å². The van der Waals surface area contributed by atoms with Gasteiger partial charge in [0, 0.05) is 25.2 Å². The molecule has 5 nitrogen and oxygen atoms in total. The Balaban J connectivity index is 0.000000804. The molecule has 2 heterocycles. The smallest absolute Gasteiger partial charge is 0.872 e. The molecule has 0 amide bonds. The molecule has 2 aliphatic rings. The molecule has 0 spiro atoms. The standard InChI is InChI=1S/C26H36N2O2.C3H7O.Al/c1-17-11-19(3)25(29)21(13-17)15-27-9-5-7-23(27)24-8-6-10-28(24)16-22-14-18(2)12-20(4)26(22)30;1-3(2)4;/h11-14,23-24,29-30H,5-10,15-16H2,1-4H3;3H,1-2H3;/q;-1;+3/p-2/t23-,24-;;/m1../s1. The summed E-state index contributed by atoms with van der Waals surface area (Å²) in [5.41, 5.74) is 5.89. The second-order valence-electron chi connectivity index (χ2n) is 10.5. The quantitative estimate of drug-likeness (QED) is 0.600. The van der Waals surface area contributed by atoms with Gasteiger partial charge in [0.15, 0.2) is 0 Å². The van der Waals surface area contributed by atoms with Crippen molar-refractivity contribution < 1.29 is 15.3 Å². The molecular formula is C29H41AlN2O3. The van der Waals surface area contributed by atoms with Crippen molar-refractivity contribution in [2.75, 3.05) is 13.1 Å². The monoisotopic (exact) mass is 492 g/mol. The molecular weight excluding hydrogens is 451 g/mol. The first-order valence-electron chi connectivity index (χ1n) is 12.7. The third kappa shape index (κ3) is 7.72. The second kappa shape index (κ2) is 13.1. The van der Waals surface area contributed by atoms with Crippen molar-refractivity contribution in [3.63, 3.8) is 0 Å². The molecule has 0 aromatic heterocycles. The maximum atomic E-state index is 12.7. The van der Waals surface area contributed by atoms with Gasteiger partial charge in [-0.2, -0.15) is 0 Å². The number of nitrogens with zero attached hydrogens (tertiary/aromatic N) is 2. The fourth-order valence-corrected chi connectivity index (χ4v) is 5.73. The van der Waals surface area contributed by atoms with Crippen LogP contribution in [0.25, 0.3) is 0 Å². The number of hydrogen-bond acceptors (Lipinski definition) is 5. The van der Waals surface area contributed by atoms with Gasteiger partial charge in [0.05, 0.1) is 0 Å². The zero-order valence-corrected chi connectivity index (χ0v) is 23.5. The molecule has 2 aromatic carbocycles. The fraction of sp³-hybridized carbons (Fsp3) is 0.586. The molecule has 2 atom stereocenters. The van der Waals surface area contributed by atoms with Crippen LogP contribution in [0.1, 0.15) is 72.9 Å². The van der Waals surface area contributed by atoms with Crippen LogP contribution in [-0.2, 0) is 13.1 Å². The van der Waals surface area contributed by atoms with Crippen LogP contribution < -0.4 is 15.3 Å². The first-order valence-corrected chi connectivity index (χ1v) is 12.7. The summed E-state index contributed by atoms with van der Waals surface area (Å²) in [5, 5.41) is 34.9. The van der Waals surface area contributed by atoms with E-state index in [9.17, 15) is 15.3 Å². The van der Waals surface area contributed by atoms with Gasteiger partial charge in [0.2, 0.25) is 0 Å². The maximum Gasteiger partial charge on any atom is 3.00 e. The summed E-state index contributed by atoms with van der Waals surface area (Å²) < 4.78 is 0. The van der Waals surface area contributed by atoms with E-state index in [-0.39, 0.29) is 28.9 Å². The SMILES string of the molecule is CC(C)[O-].Cc1cc(C)c([O-])c(CN2CCC[C@@H]2[C@H]2CCCN2Cc2cc(C)cc(C)c2[O-])c1.[Al+3]. The van der Waals surface area contributed by atoms with Crippen molar-refractivity contribution in [2.24, 2.45) is 0 Å². The first kappa shape index (κ1) is 29.7. The van der Waals surface area contributed by atoms with Gasteiger partial charge in [-0.05, 0) is 77.6 Å². The van der Waals surface area contributed by atoms with Gasteiger partial charge in [0.1, 0.15) is 0 Å². The molecule has 0 aliphatic carbocycles. The van der Waals surface area contributed by atoms with Gasteiger partial charge in [-0.15, -0.1) is 17.6 Å². The van der Waals surface area contributed by atoms with Crippen molar-refractivity contribution in [2.45, 2.75) is 98.5 Å². The summed E-state index contributed by atoms with van der Waals surface area (Å²) in [4.78, 5) is 5.05. The number of likely N-dealkylation sites (tertiary alicyclic amines) is 2. The Morgan fingerprint density at radius 1 is 0.743 bits per heavy atom. The molecule has 2 fully saturated rings. The van der Waals surface area contributed by atoms with Crippen molar-refractivity contribution in [1.82, 2.24) is 9.80 Å². The molecule has 0 N–H and O–H groups in total. The Morgan fingerprint density at radius 3 is 1.43 bits per heavy atom. The van der Waals surface area contributed by atoms with Gasteiger partial charge in [-0.25, -0.2) is 0 Å². The summed E-state index contributed by atoms with van der Waals surface area (Å²) in [6.45, 7) is 14.8.